The van der Waals surface area contributed by atoms with Gasteiger partial charge in [0, 0.05) is 37.4 Å². The number of alkyl halides is 1. The molecule has 0 amide bonds. The molecule has 0 aliphatic carbocycles. The predicted octanol–water partition coefficient (Wildman–Crippen LogP) is 2.63. The summed E-state index contributed by atoms with van der Waals surface area (Å²) >= 11 is 5.91. The fourth-order valence-electron chi connectivity index (χ4n) is 1.52. The molecule has 0 aliphatic rings. The van der Waals surface area contributed by atoms with Crippen molar-refractivity contribution in [3.05, 3.63) is 11.8 Å². The molecule has 6 heteroatoms. The third-order valence-corrected chi connectivity index (χ3v) is 2.85. The Morgan fingerprint density at radius 1 is 1.37 bits per heavy atom. The third-order valence-electron chi connectivity index (χ3n) is 2.47. The maximum Gasteiger partial charge on any atom is 0.226 e. The molecule has 0 aromatic carbocycles. The van der Waals surface area contributed by atoms with E-state index in [9.17, 15) is 0 Å². The standard InChI is InChI=1S/C13H22ClN3O2/c1-4-6-19-12-8-10(2)15-13(17-12)16-11(9-14)5-7-18-3/h8,11H,4-7,9H2,1-3H3,(H,15,16,17). The number of ether oxygens (including phenoxy) is 2. The minimum atomic E-state index is 0.0856. The molecule has 1 rings (SSSR count). The Hall–Kier alpha value is -1.07. The van der Waals surface area contributed by atoms with E-state index in [0.29, 0.717) is 30.9 Å². The molecule has 0 radical (unpaired) electrons. The summed E-state index contributed by atoms with van der Waals surface area (Å²) in [5, 5.41) is 3.21. The first-order valence-corrected chi connectivity index (χ1v) is 7.03. The highest BCUT2D eigenvalue weighted by Crippen LogP contribution is 2.14. The molecule has 5 nitrogen and oxygen atoms in total. The van der Waals surface area contributed by atoms with Crippen molar-refractivity contribution in [2.45, 2.75) is 32.7 Å². The van der Waals surface area contributed by atoms with Crippen LogP contribution in [0.5, 0.6) is 5.88 Å². The Balaban J connectivity index is 2.67. The average Bonchev–Trinajstić information content (AvgIpc) is 2.40. The largest absolute Gasteiger partial charge is 0.478 e. The molecule has 19 heavy (non-hydrogen) atoms. The summed E-state index contributed by atoms with van der Waals surface area (Å²) in [4.78, 5) is 8.66. The zero-order valence-corrected chi connectivity index (χ0v) is 12.5. The van der Waals surface area contributed by atoms with E-state index in [1.807, 2.05) is 13.0 Å². The van der Waals surface area contributed by atoms with Gasteiger partial charge in [0.2, 0.25) is 11.8 Å². The van der Waals surface area contributed by atoms with Crippen LogP contribution >= 0.6 is 11.6 Å². The van der Waals surface area contributed by atoms with Crippen LogP contribution in [0.15, 0.2) is 6.07 Å². The summed E-state index contributed by atoms with van der Waals surface area (Å²) in [6, 6.07) is 1.91. The summed E-state index contributed by atoms with van der Waals surface area (Å²) in [6.45, 7) is 5.27. The van der Waals surface area contributed by atoms with Gasteiger partial charge in [-0.05, 0) is 19.8 Å². The van der Waals surface area contributed by atoms with Crippen LogP contribution < -0.4 is 10.1 Å². The Morgan fingerprint density at radius 3 is 2.79 bits per heavy atom. The van der Waals surface area contributed by atoms with Crippen molar-refractivity contribution < 1.29 is 9.47 Å². The number of nitrogens with zero attached hydrogens (tertiary/aromatic N) is 2. The molecule has 1 N–H and O–H groups in total. The van der Waals surface area contributed by atoms with Gasteiger partial charge in [-0.2, -0.15) is 4.98 Å². The van der Waals surface area contributed by atoms with Crippen molar-refractivity contribution in [3.8, 4) is 5.88 Å². The summed E-state index contributed by atoms with van der Waals surface area (Å²) < 4.78 is 10.6. The number of methoxy groups -OCH3 is 1. The van der Waals surface area contributed by atoms with Gasteiger partial charge in [0.25, 0.3) is 0 Å². The number of nitrogens with one attached hydrogen (secondary N) is 1. The van der Waals surface area contributed by atoms with E-state index in [0.717, 1.165) is 18.5 Å². The summed E-state index contributed by atoms with van der Waals surface area (Å²) in [5.74, 6) is 1.62. The summed E-state index contributed by atoms with van der Waals surface area (Å²) in [7, 11) is 1.67. The third kappa shape index (κ3) is 6.07. The molecule has 0 aliphatic heterocycles. The smallest absolute Gasteiger partial charge is 0.226 e. The predicted molar refractivity (Wildman–Crippen MR) is 77.2 cm³/mol. The van der Waals surface area contributed by atoms with Crippen molar-refractivity contribution in [2.24, 2.45) is 0 Å². The number of halogens is 1. The number of hydrogen-bond donors (Lipinski definition) is 1. The van der Waals surface area contributed by atoms with Gasteiger partial charge in [0.05, 0.1) is 6.61 Å². The lowest BCUT2D eigenvalue weighted by Crippen LogP contribution is -2.24. The second kappa shape index (κ2) is 8.93. The molecular weight excluding hydrogens is 266 g/mol. The number of aromatic nitrogens is 2. The van der Waals surface area contributed by atoms with Gasteiger partial charge in [0.1, 0.15) is 0 Å². The van der Waals surface area contributed by atoms with Crippen LogP contribution in [-0.4, -0.2) is 42.2 Å². The van der Waals surface area contributed by atoms with Crippen LogP contribution in [0, 0.1) is 6.92 Å². The van der Waals surface area contributed by atoms with Gasteiger partial charge in [-0.25, -0.2) is 4.98 Å². The monoisotopic (exact) mass is 287 g/mol. The van der Waals surface area contributed by atoms with Crippen LogP contribution in [0.25, 0.3) is 0 Å². The Kier molecular flexibility index (Phi) is 7.52. The molecule has 1 aromatic rings. The van der Waals surface area contributed by atoms with Crippen molar-refractivity contribution in [2.75, 3.05) is 31.5 Å². The molecule has 0 saturated carbocycles. The van der Waals surface area contributed by atoms with E-state index in [4.69, 9.17) is 21.1 Å². The number of anilines is 1. The molecule has 0 spiro atoms. The maximum atomic E-state index is 5.91. The number of hydrogen-bond acceptors (Lipinski definition) is 5. The van der Waals surface area contributed by atoms with Crippen LogP contribution in [0.2, 0.25) is 0 Å². The zero-order chi connectivity index (χ0) is 14.1. The average molecular weight is 288 g/mol. The fourth-order valence-corrected chi connectivity index (χ4v) is 1.75. The molecule has 1 heterocycles. The summed E-state index contributed by atoms with van der Waals surface area (Å²) in [6.07, 6.45) is 1.76. The van der Waals surface area contributed by atoms with E-state index in [-0.39, 0.29) is 6.04 Å². The highest BCUT2D eigenvalue weighted by Gasteiger charge is 2.10. The SMILES string of the molecule is CCCOc1cc(C)nc(NC(CCl)CCOC)n1. The quantitative estimate of drug-likeness (QED) is 0.708. The van der Waals surface area contributed by atoms with Crippen LogP contribution in [0.3, 0.4) is 0 Å². The first-order chi connectivity index (χ1) is 9.19. The van der Waals surface area contributed by atoms with Crippen LogP contribution in [0.1, 0.15) is 25.5 Å². The summed E-state index contributed by atoms with van der Waals surface area (Å²) in [5.41, 5.74) is 0.865. The first-order valence-electron chi connectivity index (χ1n) is 6.49. The molecule has 0 fully saturated rings. The molecule has 1 aromatic heterocycles. The lowest BCUT2D eigenvalue weighted by molar-refractivity contribution is 0.191. The number of aryl methyl sites for hydroxylation is 1. The van der Waals surface area contributed by atoms with Crippen molar-refractivity contribution in [1.82, 2.24) is 9.97 Å². The number of rotatable bonds is 9. The minimum absolute atomic E-state index is 0.0856. The Labute approximate surface area is 119 Å². The van der Waals surface area contributed by atoms with Crippen molar-refractivity contribution in [3.63, 3.8) is 0 Å². The van der Waals surface area contributed by atoms with E-state index in [2.05, 4.69) is 22.2 Å². The van der Waals surface area contributed by atoms with Crippen LogP contribution in [0.4, 0.5) is 5.95 Å². The lowest BCUT2D eigenvalue weighted by atomic mass is 10.2. The lowest BCUT2D eigenvalue weighted by Gasteiger charge is -2.16. The van der Waals surface area contributed by atoms with Crippen molar-refractivity contribution in [1.29, 1.82) is 0 Å². The second-order valence-corrected chi connectivity index (χ2v) is 4.61. The topological polar surface area (TPSA) is 56.3 Å². The first kappa shape index (κ1) is 16.0. The molecule has 108 valence electrons. The van der Waals surface area contributed by atoms with Gasteiger partial charge in [-0.1, -0.05) is 6.92 Å². The van der Waals surface area contributed by atoms with Gasteiger partial charge < -0.3 is 14.8 Å². The normalized spacial score (nSPS) is 12.2. The van der Waals surface area contributed by atoms with E-state index >= 15 is 0 Å². The minimum Gasteiger partial charge on any atom is -0.478 e. The fraction of sp³-hybridized carbons (Fsp3) is 0.692. The van der Waals surface area contributed by atoms with Crippen molar-refractivity contribution >= 4 is 17.5 Å². The molecule has 0 saturated heterocycles. The van der Waals surface area contributed by atoms with Gasteiger partial charge >= 0.3 is 0 Å². The van der Waals surface area contributed by atoms with Gasteiger partial charge in [0.15, 0.2) is 0 Å². The van der Waals surface area contributed by atoms with E-state index in [1.54, 1.807) is 7.11 Å². The molecule has 1 atom stereocenters. The maximum absolute atomic E-state index is 5.91. The Morgan fingerprint density at radius 2 is 2.16 bits per heavy atom. The van der Waals surface area contributed by atoms with Gasteiger partial charge in [-0.15, -0.1) is 11.6 Å². The van der Waals surface area contributed by atoms with Crippen LogP contribution in [-0.2, 0) is 4.74 Å². The highest BCUT2D eigenvalue weighted by molar-refractivity contribution is 6.18. The molecule has 1 unspecified atom stereocenters. The zero-order valence-electron chi connectivity index (χ0n) is 11.8. The van der Waals surface area contributed by atoms with E-state index < -0.39 is 0 Å². The highest BCUT2D eigenvalue weighted by atomic mass is 35.5. The molecule has 0 bridgehead atoms. The second-order valence-electron chi connectivity index (χ2n) is 4.30. The molecular formula is C13H22ClN3O2. The Bertz CT molecular complexity index is 377. The van der Waals surface area contributed by atoms with E-state index in [1.165, 1.54) is 0 Å². The van der Waals surface area contributed by atoms with Gasteiger partial charge in [-0.3, -0.25) is 0 Å².